The largest absolute Gasteiger partial charge is 0.756 e. The van der Waals surface area contributed by atoms with Crippen molar-refractivity contribution in [2.75, 3.05) is 40.9 Å². The lowest BCUT2D eigenvalue weighted by Crippen LogP contribution is -2.46. The smallest absolute Gasteiger partial charge is 0.268 e. The molecule has 0 aromatic rings. The Kier molecular flexibility index (Phi) is 35.4. The topological polar surface area (TPSA) is 108 Å². The summed E-state index contributed by atoms with van der Waals surface area (Å²) in [6.07, 6.45) is 39.4. The van der Waals surface area contributed by atoms with Crippen molar-refractivity contribution in [3.05, 3.63) is 12.2 Å². The molecular formula is C43H87N2O6P. The van der Waals surface area contributed by atoms with Crippen molar-refractivity contribution < 1.29 is 32.9 Å². The molecular weight excluding hydrogens is 671 g/mol. The number of unbranched alkanes of at least 4 members (excludes halogenated alkanes) is 25. The molecule has 9 heteroatoms. The summed E-state index contributed by atoms with van der Waals surface area (Å²) in [5, 5.41) is 13.9. The Morgan fingerprint density at radius 1 is 0.654 bits per heavy atom. The van der Waals surface area contributed by atoms with Gasteiger partial charge in [0.15, 0.2) is 0 Å². The molecule has 0 aromatic heterocycles. The highest BCUT2D eigenvalue weighted by molar-refractivity contribution is 7.45. The molecule has 0 aliphatic heterocycles. The van der Waals surface area contributed by atoms with Gasteiger partial charge in [-0.3, -0.25) is 9.36 Å². The second-order valence-corrected chi connectivity index (χ2v) is 17.8. The molecule has 52 heavy (non-hydrogen) atoms. The number of allylic oxidation sites excluding steroid dienone is 2. The van der Waals surface area contributed by atoms with Crippen LogP contribution in [-0.2, 0) is 18.4 Å². The van der Waals surface area contributed by atoms with Crippen molar-refractivity contribution in [3.8, 4) is 0 Å². The molecule has 3 atom stereocenters. The number of nitrogens with one attached hydrogen (secondary N) is 1. The van der Waals surface area contributed by atoms with Crippen molar-refractivity contribution in [2.24, 2.45) is 0 Å². The third-order valence-corrected chi connectivity index (χ3v) is 11.0. The zero-order valence-corrected chi connectivity index (χ0v) is 35.9. The van der Waals surface area contributed by atoms with Crippen LogP contribution in [0.5, 0.6) is 0 Å². The molecule has 0 radical (unpaired) electrons. The van der Waals surface area contributed by atoms with Gasteiger partial charge < -0.3 is 28.8 Å². The van der Waals surface area contributed by atoms with Crippen molar-refractivity contribution in [1.82, 2.24) is 5.32 Å². The number of aliphatic hydroxyl groups is 1. The minimum Gasteiger partial charge on any atom is -0.756 e. The van der Waals surface area contributed by atoms with E-state index in [1.54, 1.807) is 0 Å². The highest BCUT2D eigenvalue weighted by Crippen LogP contribution is 2.38. The van der Waals surface area contributed by atoms with Gasteiger partial charge in [-0.15, -0.1) is 0 Å². The summed E-state index contributed by atoms with van der Waals surface area (Å²) in [4.78, 5) is 25.2. The Hall–Kier alpha value is -0.760. The molecule has 0 aromatic carbocycles. The van der Waals surface area contributed by atoms with E-state index < -0.39 is 20.0 Å². The van der Waals surface area contributed by atoms with E-state index in [-0.39, 0.29) is 19.1 Å². The number of rotatable bonds is 40. The molecule has 8 nitrogen and oxygen atoms in total. The van der Waals surface area contributed by atoms with Gasteiger partial charge in [0.25, 0.3) is 7.82 Å². The number of aliphatic hydroxyl groups excluding tert-OH is 1. The quantitative estimate of drug-likeness (QED) is 0.0279. The average molecular weight is 759 g/mol. The van der Waals surface area contributed by atoms with E-state index in [0.717, 1.165) is 57.8 Å². The van der Waals surface area contributed by atoms with Crippen LogP contribution in [0.1, 0.15) is 206 Å². The van der Waals surface area contributed by atoms with Crippen LogP contribution in [0.2, 0.25) is 0 Å². The number of phosphoric acid groups is 1. The minimum atomic E-state index is -4.56. The predicted octanol–water partition coefficient (Wildman–Crippen LogP) is 11.3. The molecule has 0 fully saturated rings. The number of carbonyl (C=O) groups excluding carboxylic acids is 1. The van der Waals surface area contributed by atoms with E-state index in [1.807, 2.05) is 21.1 Å². The number of amides is 1. The van der Waals surface area contributed by atoms with Gasteiger partial charge in [-0.25, -0.2) is 0 Å². The zero-order chi connectivity index (χ0) is 38.6. The second kappa shape index (κ2) is 35.9. The monoisotopic (exact) mass is 759 g/mol. The van der Waals surface area contributed by atoms with Gasteiger partial charge in [0.2, 0.25) is 5.91 Å². The first kappa shape index (κ1) is 51.2. The van der Waals surface area contributed by atoms with Crippen molar-refractivity contribution >= 4 is 13.7 Å². The third kappa shape index (κ3) is 37.6. The molecule has 310 valence electrons. The van der Waals surface area contributed by atoms with E-state index in [9.17, 15) is 19.4 Å². The Bertz CT molecular complexity index is 865. The Morgan fingerprint density at radius 3 is 1.56 bits per heavy atom. The maximum absolute atomic E-state index is 12.8. The molecule has 0 bridgehead atoms. The maximum atomic E-state index is 12.8. The molecule has 0 aliphatic rings. The standard InChI is InChI=1S/C43H87N2O6P/c1-6-8-10-12-14-16-18-19-20-21-22-23-24-25-26-27-28-30-32-34-36-42(46)41(40-51-52(48,49)50-39-38-45(3,4)5)44-43(47)37-35-33-31-29-17-15-13-11-9-7-2/h13,15,41-42,46H,6-12,14,16-40H2,1-5H3,(H-,44,47,48,49)/b15-13-. The number of likely N-dealkylation sites (N-methyl/N-ethyl adjacent to an activating group) is 1. The fourth-order valence-corrected chi connectivity index (χ4v) is 7.16. The Labute approximate surface area is 322 Å². The lowest BCUT2D eigenvalue weighted by molar-refractivity contribution is -0.870. The lowest BCUT2D eigenvalue weighted by atomic mass is 10.0. The van der Waals surface area contributed by atoms with Gasteiger partial charge in [0.05, 0.1) is 39.9 Å². The predicted molar refractivity (Wildman–Crippen MR) is 219 cm³/mol. The van der Waals surface area contributed by atoms with Crippen LogP contribution in [0.15, 0.2) is 12.2 Å². The first-order valence-electron chi connectivity index (χ1n) is 22.0. The van der Waals surface area contributed by atoms with Gasteiger partial charge in [-0.1, -0.05) is 180 Å². The molecule has 0 heterocycles. The van der Waals surface area contributed by atoms with E-state index >= 15 is 0 Å². The lowest BCUT2D eigenvalue weighted by Gasteiger charge is -2.30. The van der Waals surface area contributed by atoms with Crippen molar-refractivity contribution in [2.45, 2.75) is 219 Å². The number of quaternary nitrogens is 1. The van der Waals surface area contributed by atoms with Crippen molar-refractivity contribution in [3.63, 3.8) is 0 Å². The Balaban J connectivity index is 4.27. The summed E-state index contributed by atoms with van der Waals surface area (Å²) >= 11 is 0. The van der Waals surface area contributed by atoms with Crippen LogP contribution in [0.3, 0.4) is 0 Å². The summed E-state index contributed by atoms with van der Waals surface area (Å²) in [5.41, 5.74) is 0. The van der Waals surface area contributed by atoms with Gasteiger partial charge >= 0.3 is 0 Å². The van der Waals surface area contributed by atoms with Crippen LogP contribution in [-0.4, -0.2) is 68.5 Å². The van der Waals surface area contributed by atoms with Crippen LogP contribution in [0.4, 0.5) is 0 Å². The molecule has 0 aliphatic carbocycles. The van der Waals surface area contributed by atoms with Crippen LogP contribution < -0.4 is 10.2 Å². The highest BCUT2D eigenvalue weighted by Gasteiger charge is 2.24. The van der Waals surface area contributed by atoms with Crippen molar-refractivity contribution in [1.29, 1.82) is 0 Å². The normalized spacial score (nSPS) is 14.5. The van der Waals surface area contributed by atoms with Crippen LogP contribution >= 0.6 is 7.82 Å². The van der Waals surface area contributed by atoms with Crippen LogP contribution in [0, 0.1) is 0 Å². The molecule has 2 N–H and O–H groups in total. The Morgan fingerprint density at radius 2 is 1.08 bits per heavy atom. The number of phosphoric ester groups is 1. The number of carbonyl (C=O) groups is 1. The molecule has 3 unspecified atom stereocenters. The van der Waals surface area contributed by atoms with Gasteiger partial charge in [0, 0.05) is 6.42 Å². The molecule has 0 spiro atoms. The summed E-state index contributed by atoms with van der Waals surface area (Å²) in [5.74, 6) is -0.178. The number of hydrogen-bond acceptors (Lipinski definition) is 6. The fraction of sp³-hybridized carbons (Fsp3) is 0.930. The maximum Gasteiger partial charge on any atom is 0.268 e. The average Bonchev–Trinajstić information content (AvgIpc) is 3.09. The number of nitrogens with zero attached hydrogens (tertiary/aromatic N) is 1. The summed E-state index contributed by atoms with van der Waals surface area (Å²) in [6, 6.07) is -0.801. The summed E-state index contributed by atoms with van der Waals surface area (Å²) < 4.78 is 23.2. The first-order chi connectivity index (χ1) is 25.0. The summed E-state index contributed by atoms with van der Waals surface area (Å²) in [7, 11) is 1.30. The summed E-state index contributed by atoms with van der Waals surface area (Å²) in [6.45, 7) is 4.67. The molecule has 1 amide bonds. The van der Waals surface area contributed by atoms with Gasteiger partial charge in [0.1, 0.15) is 13.2 Å². The molecule has 0 saturated carbocycles. The second-order valence-electron chi connectivity index (χ2n) is 16.4. The van der Waals surface area contributed by atoms with Crippen LogP contribution in [0.25, 0.3) is 0 Å². The van der Waals surface area contributed by atoms with Gasteiger partial charge in [-0.05, 0) is 32.1 Å². The third-order valence-electron chi connectivity index (χ3n) is 10.0. The highest BCUT2D eigenvalue weighted by atomic mass is 31.2. The van der Waals surface area contributed by atoms with E-state index in [0.29, 0.717) is 23.9 Å². The SMILES string of the molecule is CCCC/C=C\CCCCCCC(=O)NC(COP(=O)([O-])OCC[N+](C)(C)C)C(O)CCCCCCCCCCCCCCCCCCCCCC. The first-order valence-corrected chi connectivity index (χ1v) is 23.5. The van der Waals surface area contributed by atoms with E-state index in [2.05, 4.69) is 31.3 Å². The zero-order valence-electron chi connectivity index (χ0n) is 35.0. The van der Waals surface area contributed by atoms with Gasteiger partial charge in [-0.2, -0.15) is 0 Å². The fourth-order valence-electron chi connectivity index (χ4n) is 6.43. The number of hydrogen-bond donors (Lipinski definition) is 2. The minimum absolute atomic E-state index is 0.0117. The van der Waals surface area contributed by atoms with E-state index in [4.69, 9.17) is 9.05 Å². The molecule has 0 rings (SSSR count). The van der Waals surface area contributed by atoms with E-state index in [1.165, 1.54) is 122 Å². The molecule has 0 saturated heterocycles.